The minimum Gasteiger partial charge on any atom is -0.303 e. The fourth-order valence-corrected chi connectivity index (χ4v) is 3.89. The van der Waals surface area contributed by atoms with Gasteiger partial charge in [0.05, 0.1) is 4.90 Å². The number of hydrogen-bond donors (Lipinski definition) is 1. The number of benzene rings is 1. The maximum Gasteiger partial charge on any atom is 0.240 e. The first-order valence-corrected chi connectivity index (χ1v) is 9.83. The van der Waals surface area contributed by atoms with E-state index in [1.54, 1.807) is 24.3 Å². The summed E-state index contributed by atoms with van der Waals surface area (Å²) >= 11 is 3.30. The molecule has 0 aromatic heterocycles. The highest BCUT2D eigenvalue weighted by molar-refractivity contribution is 9.10. The molecule has 1 aliphatic heterocycles. The smallest absolute Gasteiger partial charge is 0.240 e. The predicted molar refractivity (Wildman–Crippen MR) is 88.9 cm³/mol. The van der Waals surface area contributed by atoms with Gasteiger partial charge in [-0.2, -0.15) is 0 Å². The molecular weight excluding hydrogens is 352 g/mol. The minimum absolute atomic E-state index is 0.322. The fraction of sp³-hybridized carbons (Fsp3) is 0.600. The zero-order chi connectivity index (χ0) is 15.1. The number of unbranched alkanes of at least 4 members (excludes halogenated alkanes) is 2. The molecule has 0 unspecified atom stereocenters. The first-order chi connectivity index (χ1) is 10.1. The lowest BCUT2D eigenvalue weighted by molar-refractivity contribution is 0.328. The molecule has 118 valence electrons. The van der Waals surface area contributed by atoms with Gasteiger partial charge in [0.1, 0.15) is 0 Å². The Bertz CT molecular complexity index is 525. The Kier molecular flexibility index (Phi) is 6.67. The molecule has 0 bridgehead atoms. The van der Waals surface area contributed by atoms with Crippen molar-refractivity contribution < 1.29 is 8.42 Å². The van der Waals surface area contributed by atoms with E-state index in [1.807, 2.05) is 0 Å². The molecule has 0 aliphatic carbocycles. The molecule has 0 amide bonds. The van der Waals surface area contributed by atoms with Crippen molar-refractivity contribution in [3.8, 4) is 0 Å². The van der Waals surface area contributed by atoms with Crippen LogP contribution < -0.4 is 4.72 Å². The Morgan fingerprint density at radius 3 is 2.38 bits per heavy atom. The van der Waals surface area contributed by atoms with Crippen LogP contribution in [0.1, 0.15) is 32.1 Å². The van der Waals surface area contributed by atoms with Gasteiger partial charge in [-0.15, -0.1) is 0 Å². The average Bonchev–Trinajstić information content (AvgIpc) is 2.96. The number of nitrogens with zero attached hydrogens (tertiary/aromatic N) is 1. The van der Waals surface area contributed by atoms with E-state index in [1.165, 1.54) is 25.9 Å². The molecule has 0 saturated carbocycles. The lowest BCUT2D eigenvalue weighted by atomic mass is 10.2. The van der Waals surface area contributed by atoms with Gasteiger partial charge in [-0.1, -0.05) is 22.4 Å². The van der Waals surface area contributed by atoms with Crippen molar-refractivity contribution in [2.24, 2.45) is 0 Å². The van der Waals surface area contributed by atoms with Gasteiger partial charge < -0.3 is 4.90 Å². The van der Waals surface area contributed by atoms with Crippen LogP contribution in [0.4, 0.5) is 0 Å². The molecule has 2 rings (SSSR count). The third-order valence-corrected chi connectivity index (χ3v) is 5.77. The van der Waals surface area contributed by atoms with Crippen molar-refractivity contribution in [1.29, 1.82) is 0 Å². The molecule has 4 nitrogen and oxygen atoms in total. The number of sulfonamides is 1. The molecule has 6 heteroatoms. The van der Waals surface area contributed by atoms with Crippen molar-refractivity contribution in [3.05, 3.63) is 28.7 Å². The molecule has 21 heavy (non-hydrogen) atoms. The quantitative estimate of drug-likeness (QED) is 0.711. The molecule has 1 aromatic carbocycles. The number of halogens is 1. The molecule has 1 aromatic rings. The SMILES string of the molecule is O=S(=O)(NCCCCCN1CCCC1)c1ccc(Br)cc1. The Labute approximate surface area is 136 Å². The van der Waals surface area contributed by atoms with Gasteiger partial charge in [-0.3, -0.25) is 0 Å². The number of rotatable bonds is 8. The van der Waals surface area contributed by atoms with Gasteiger partial charge in [0, 0.05) is 11.0 Å². The van der Waals surface area contributed by atoms with Gasteiger partial charge in [0.2, 0.25) is 10.0 Å². The Morgan fingerprint density at radius 2 is 1.71 bits per heavy atom. The molecule has 0 spiro atoms. The van der Waals surface area contributed by atoms with E-state index in [2.05, 4.69) is 25.6 Å². The van der Waals surface area contributed by atoms with Crippen LogP contribution in [0.5, 0.6) is 0 Å². The summed E-state index contributed by atoms with van der Waals surface area (Å²) in [7, 11) is -3.36. The summed E-state index contributed by atoms with van der Waals surface area (Å²) in [5.41, 5.74) is 0. The van der Waals surface area contributed by atoms with Crippen molar-refractivity contribution >= 4 is 26.0 Å². The van der Waals surface area contributed by atoms with E-state index in [9.17, 15) is 8.42 Å². The van der Waals surface area contributed by atoms with Crippen LogP contribution in [0.25, 0.3) is 0 Å². The molecule has 1 aliphatic rings. The van der Waals surface area contributed by atoms with E-state index < -0.39 is 10.0 Å². The van der Waals surface area contributed by atoms with E-state index in [4.69, 9.17) is 0 Å². The van der Waals surface area contributed by atoms with Crippen LogP contribution in [-0.4, -0.2) is 39.5 Å². The van der Waals surface area contributed by atoms with E-state index >= 15 is 0 Å². The normalized spacial score (nSPS) is 16.4. The zero-order valence-corrected chi connectivity index (χ0v) is 14.6. The topological polar surface area (TPSA) is 49.4 Å². The van der Waals surface area contributed by atoms with Gasteiger partial charge in [0.25, 0.3) is 0 Å². The summed E-state index contributed by atoms with van der Waals surface area (Å²) in [5.74, 6) is 0. The monoisotopic (exact) mass is 374 g/mol. The first kappa shape index (κ1) is 16.9. The Morgan fingerprint density at radius 1 is 1.05 bits per heavy atom. The highest BCUT2D eigenvalue weighted by atomic mass is 79.9. The zero-order valence-electron chi connectivity index (χ0n) is 12.2. The van der Waals surface area contributed by atoms with E-state index in [0.717, 1.165) is 30.3 Å². The summed E-state index contributed by atoms with van der Waals surface area (Å²) in [6.45, 7) is 4.13. The largest absolute Gasteiger partial charge is 0.303 e. The molecule has 1 saturated heterocycles. The summed E-state index contributed by atoms with van der Waals surface area (Å²) in [6.07, 6.45) is 5.77. The second-order valence-corrected chi connectivity index (χ2v) is 8.14. The van der Waals surface area contributed by atoms with Crippen molar-refractivity contribution in [2.45, 2.75) is 37.0 Å². The predicted octanol–water partition coefficient (Wildman–Crippen LogP) is 2.99. The standard InChI is InChI=1S/C15H23BrN2O2S/c16-14-6-8-15(9-7-14)21(19,20)17-10-2-1-3-11-18-12-4-5-13-18/h6-9,17H,1-5,10-13H2. The average molecular weight is 375 g/mol. The second-order valence-electron chi connectivity index (χ2n) is 5.46. The van der Waals surface area contributed by atoms with Crippen LogP contribution >= 0.6 is 15.9 Å². The first-order valence-electron chi connectivity index (χ1n) is 7.55. The Balaban J connectivity index is 1.64. The number of nitrogens with one attached hydrogen (secondary N) is 1. The van der Waals surface area contributed by atoms with Gasteiger partial charge in [0.15, 0.2) is 0 Å². The molecule has 1 fully saturated rings. The summed E-state index contributed by atoms with van der Waals surface area (Å²) in [4.78, 5) is 2.81. The van der Waals surface area contributed by atoms with Crippen LogP contribution in [0.3, 0.4) is 0 Å². The highest BCUT2D eigenvalue weighted by Crippen LogP contribution is 2.14. The highest BCUT2D eigenvalue weighted by Gasteiger charge is 2.13. The fourth-order valence-electron chi connectivity index (χ4n) is 2.55. The molecule has 1 heterocycles. The minimum atomic E-state index is -3.36. The van der Waals surface area contributed by atoms with Crippen LogP contribution in [-0.2, 0) is 10.0 Å². The number of hydrogen-bond acceptors (Lipinski definition) is 3. The van der Waals surface area contributed by atoms with Crippen LogP contribution in [0, 0.1) is 0 Å². The van der Waals surface area contributed by atoms with E-state index in [-0.39, 0.29) is 0 Å². The molecule has 0 atom stereocenters. The number of likely N-dealkylation sites (tertiary alicyclic amines) is 1. The second kappa shape index (κ2) is 8.27. The van der Waals surface area contributed by atoms with Gasteiger partial charge in [-0.25, -0.2) is 13.1 Å². The van der Waals surface area contributed by atoms with Gasteiger partial charge in [-0.05, 0) is 69.6 Å². The molecule has 1 N–H and O–H groups in total. The van der Waals surface area contributed by atoms with Crippen LogP contribution in [0.2, 0.25) is 0 Å². The summed E-state index contributed by atoms with van der Waals surface area (Å²) < 4.78 is 27.6. The van der Waals surface area contributed by atoms with Crippen LogP contribution in [0.15, 0.2) is 33.6 Å². The van der Waals surface area contributed by atoms with Crippen molar-refractivity contribution in [2.75, 3.05) is 26.2 Å². The maximum atomic E-state index is 12.1. The maximum absolute atomic E-state index is 12.1. The third-order valence-electron chi connectivity index (χ3n) is 3.77. The van der Waals surface area contributed by atoms with Gasteiger partial charge >= 0.3 is 0 Å². The van der Waals surface area contributed by atoms with Crippen molar-refractivity contribution in [3.63, 3.8) is 0 Å². The lowest BCUT2D eigenvalue weighted by Gasteiger charge is -2.13. The Hall–Kier alpha value is -0.430. The lowest BCUT2D eigenvalue weighted by Crippen LogP contribution is -2.25. The summed E-state index contributed by atoms with van der Waals surface area (Å²) in [6, 6.07) is 6.70. The molecular formula is C15H23BrN2O2S. The summed E-state index contributed by atoms with van der Waals surface area (Å²) in [5, 5.41) is 0. The molecule has 0 radical (unpaired) electrons. The third kappa shape index (κ3) is 5.70. The van der Waals surface area contributed by atoms with E-state index in [0.29, 0.717) is 11.4 Å². The van der Waals surface area contributed by atoms with Crippen molar-refractivity contribution in [1.82, 2.24) is 9.62 Å².